The zero-order chi connectivity index (χ0) is 11.3. The number of hydrogen-bond donors (Lipinski definition) is 2. The van der Waals surface area contributed by atoms with Gasteiger partial charge in [0.25, 0.3) is 0 Å². The van der Waals surface area contributed by atoms with Crippen LogP contribution in [0.5, 0.6) is 0 Å². The van der Waals surface area contributed by atoms with Gasteiger partial charge in [-0.15, -0.1) is 0 Å². The fourth-order valence-corrected chi connectivity index (χ4v) is 2.08. The Morgan fingerprint density at radius 3 is 3.12 bits per heavy atom. The van der Waals surface area contributed by atoms with Gasteiger partial charge < -0.3 is 10.4 Å². The van der Waals surface area contributed by atoms with E-state index in [4.69, 9.17) is 5.11 Å². The van der Waals surface area contributed by atoms with Gasteiger partial charge >= 0.3 is 0 Å². The molecule has 2 heterocycles. The highest BCUT2D eigenvalue weighted by molar-refractivity contribution is 6.05. The van der Waals surface area contributed by atoms with E-state index in [1.807, 2.05) is 13.0 Å². The van der Waals surface area contributed by atoms with Crippen LogP contribution in [0.15, 0.2) is 18.3 Å². The summed E-state index contributed by atoms with van der Waals surface area (Å²) in [7, 11) is 0. The molecule has 0 aliphatic carbocycles. The molecule has 2 N–H and O–H groups in total. The Morgan fingerprint density at radius 1 is 1.56 bits per heavy atom. The summed E-state index contributed by atoms with van der Waals surface area (Å²) in [6.07, 6.45) is 1.72. The minimum atomic E-state index is -0.287. The van der Waals surface area contributed by atoms with Crippen molar-refractivity contribution in [3.63, 3.8) is 0 Å². The first-order valence-corrected chi connectivity index (χ1v) is 5.12. The van der Waals surface area contributed by atoms with Crippen LogP contribution in [0.2, 0.25) is 0 Å². The number of carbonyl (C=O) groups excluding carboxylic acids is 1. The lowest BCUT2D eigenvalue weighted by Crippen LogP contribution is -2.28. The quantitative estimate of drug-likeness (QED) is 0.750. The molecule has 0 radical (unpaired) electrons. The minimum Gasteiger partial charge on any atom is -0.392 e. The van der Waals surface area contributed by atoms with Crippen molar-refractivity contribution in [1.82, 2.24) is 9.78 Å². The van der Waals surface area contributed by atoms with Crippen LogP contribution in [0, 0.1) is 0 Å². The standard InChI is InChI=1S/C11H11N3O2/c1-6-11(16)13-9-3-7(5-15)2-8-4-12-14(6)10(8)9/h2-4,6,15H,5H2,1H3,(H,13,16). The molecule has 0 saturated carbocycles. The zero-order valence-electron chi connectivity index (χ0n) is 8.77. The summed E-state index contributed by atoms with van der Waals surface area (Å²) in [5.74, 6) is -0.0763. The van der Waals surface area contributed by atoms with Crippen molar-refractivity contribution < 1.29 is 9.90 Å². The molecule has 0 fully saturated rings. The smallest absolute Gasteiger partial charge is 0.249 e. The second-order valence-electron chi connectivity index (χ2n) is 3.99. The number of amides is 1. The number of aliphatic hydroxyl groups is 1. The summed E-state index contributed by atoms with van der Waals surface area (Å²) >= 11 is 0. The number of anilines is 1. The maximum Gasteiger partial charge on any atom is 0.249 e. The van der Waals surface area contributed by atoms with E-state index in [1.54, 1.807) is 16.9 Å². The van der Waals surface area contributed by atoms with E-state index < -0.39 is 0 Å². The number of nitrogens with one attached hydrogen (secondary N) is 1. The predicted molar refractivity (Wildman–Crippen MR) is 59.0 cm³/mol. The highest BCUT2D eigenvalue weighted by Crippen LogP contribution is 2.31. The molecule has 3 rings (SSSR count). The van der Waals surface area contributed by atoms with Gasteiger partial charge in [-0.1, -0.05) is 0 Å². The summed E-state index contributed by atoms with van der Waals surface area (Å²) in [5.41, 5.74) is 2.42. The molecule has 82 valence electrons. The van der Waals surface area contributed by atoms with Gasteiger partial charge in [0.1, 0.15) is 6.04 Å². The van der Waals surface area contributed by atoms with Crippen molar-refractivity contribution in [1.29, 1.82) is 0 Å². The molecule has 1 unspecified atom stereocenters. The number of aromatic nitrogens is 2. The summed E-state index contributed by atoms with van der Waals surface area (Å²) < 4.78 is 1.71. The van der Waals surface area contributed by atoms with E-state index in [2.05, 4.69) is 10.4 Å². The third kappa shape index (κ3) is 1.09. The van der Waals surface area contributed by atoms with Gasteiger partial charge in [0.2, 0.25) is 5.91 Å². The minimum absolute atomic E-state index is 0.0421. The van der Waals surface area contributed by atoms with E-state index in [9.17, 15) is 4.79 Å². The van der Waals surface area contributed by atoms with Gasteiger partial charge in [-0.2, -0.15) is 5.10 Å². The van der Waals surface area contributed by atoms with Gasteiger partial charge in [-0.05, 0) is 24.6 Å². The van der Waals surface area contributed by atoms with E-state index in [0.29, 0.717) is 0 Å². The van der Waals surface area contributed by atoms with Crippen LogP contribution in [0.4, 0.5) is 5.69 Å². The van der Waals surface area contributed by atoms with Crippen molar-refractivity contribution in [3.05, 3.63) is 23.9 Å². The molecule has 0 spiro atoms. The molecule has 2 aromatic rings. The molecule has 5 nitrogen and oxygen atoms in total. The lowest BCUT2D eigenvalue weighted by atomic mass is 10.1. The van der Waals surface area contributed by atoms with Crippen molar-refractivity contribution in [2.75, 3.05) is 5.32 Å². The first kappa shape index (κ1) is 9.35. The molecule has 1 aromatic carbocycles. The lowest BCUT2D eigenvalue weighted by Gasteiger charge is -2.21. The second kappa shape index (κ2) is 3.05. The van der Waals surface area contributed by atoms with Crippen molar-refractivity contribution in [2.45, 2.75) is 19.6 Å². The third-order valence-electron chi connectivity index (χ3n) is 2.94. The Kier molecular flexibility index (Phi) is 1.79. The summed E-state index contributed by atoms with van der Waals surface area (Å²) in [6, 6.07) is 3.38. The Balaban J connectivity index is 2.35. The van der Waals surface area contributed by atoms with Crippen LogP contribution >= 0.6 is 0 Å². The number of aliphatic hydroxyl groups excluding tert-OH is 1. The van der Waals surface area contributed by atoms with Crippen molar-refractivity contribution in [3.8, 4) is 0 Å². The highest BCUT2D eigenvalue weighted by atomic mass is 16.3. The van der Waals surface area contributed by atoms with Crippen LogP contribution in [0.25, 0.3) is 10.9 Å². The molecule has 1 amide bonds. The Bertz CT molecular complexity index is 588. The van der Waals surface area contributed by atoms with Gasteiger partial charge in [0.05, 0.1) is 24.0 Å². The summed E-state index contributed by atoms with van der Waals surface area (Å²) in [4.78, 5) is 11.7. The second-order valence-corrected chi connectivity index (χ2v) is 3.99. The largest absolute Gasteiger partial charge is 0.392 e. The van der Waals surface area contributed by atoms with E-state index in [0.717, 1.165) is 22.2 Å². The van der Waals surface area contributed by atoms with Crippen LogP contribution in [-0.4, -0.2) is 20.8 Å². The topological polar surface area (TPSA) is 67.2 Å². The van der Waals surface area contributed by atoms with Crippen molar-refractivity contribution >= 4 is 22.5 Å². The monoisotopic (exact) mass is 217 g/mol. The Labute approximate surface area is 91.7 Å². The molecule has 1 aromatic heterocycles. The number of benzene rings is 1. The Morgan fingerprint density at radius 2 is 2.38 bits per heavy atom. The molecule has 1 aliphatic heterocycles. The Hall–Kier alpha value is -1.88. The summed E-state index contributed by atoms with van der Waals surface area (Å²) in [5, 5.41) is 17.1. The van der Waals surface area contributed by atoms with E-state index in [1.165, 1.54) is 0 Å². The maximum atomic E-state index is 11.7. The first-order chi connectivity index (χ1) is 7.70. The van der Waals surface area contributed by atoms with Gasteiger partial charge in [-0.25, -0.2) is 0 Å². The van der Waals surface area contributed by atoms with Crippen LogP contribution in [0.3, 0.4) is 0 Å². The normalized spacial score (nSPS) is 18.9. The molecular weight excluding hydrogens is 206 g/mol. The number of rotatable bonds is 1. The zero-order valence-corrected chi connectivity index (χ0v) is 8.77. The first-order valence-electron chi connectivity index (χ1n) is 5.12. The number of nitrogens with zero attached hydrogens (tertiary/aromatic N) is 2. The number of hydrogen-bond acceptors (Lipinski definition) is 3. The van der Waals surface area contributed by atoms with Gasteiger partial charge in [-0.3, -0.25) is 9.48 Å². The summed E-state index contributed by atoms with van der Waals surface area (Å²) in [6.45, 7) is 1.77. The molecule has 16 heavy (non-hydrogen) atoms. The number of carbonyl (C=O) groups is 1. The maximum absolute atomic E-state index is 11.7. The molecular formula is C11H11N3O2. The van der Waals surface area contributed by atoms with Crippen LogP contribution in [0.1, 0.15) is 18.5 Å². The fourth-order valence-electron chi connectivity index (χ4n) is 2.08. The highest BCUT2D eigenvalue weighted by Gasteiger charge is 2.25. The van der Waals surface area contributed by atoms with Crippen molar-refractivity contribution in [2.24, 2.45) is 0 Å². The predicted octanol–water partition coefficient (Wildman–Crippen LogP) is 1.04. The van der Waals surface area contributed by atoms with E-state index in [-0.39, 0.29) is 18.6 Å². The SMILES string of the molecule is CC1C(=O)Nc2cc(CO)cc3cnn1c23. The molecule has 1 atom stereocenters. The van der Waals surface area contributed by atoms with E-state index >= 15 is 0 Å². The van der Waals surface area contributed by atoms with Gasteiger partial charge in [0, 0.05) is 5.39 Å². The molecule has 0 bridgehead atoms. The third-order valence-corrected chi connectivity index (χ3v) is 2.94. The average molecular weight is 217 g/mol. The van der Waals surface area contributed by atoms with Crippen LogP contribution in [-0.2, 0) is 11.4 Å². The van der Waals surface area contributed by atoms with Crippen LogP contribution < -0.4 is 5.32 Å². The lowest BCUT2D eigenvalue weighted by molar-refractivity contribution is -0.119. The molecule has 5 heteroatoms. The fraction of sp³-hybridized carbons (Fsp3) is 0.273. The average Bonchev–Trinajstić information content (AvgIpc) is 2.70. The molecule has 1 aliphatic rings. The molecule has 0 saturated heterocycles. The van der Waals surface area contributed by atoms with Gasteiger partial charge in [0.15, 0.2) is 0 Å².